The maximum Gasteiger partial charge on any atom is 0.400 e. The molecule has 3 heterocycles. The Balaban J connectivity index is 0.00000231. The van der Waals surface area contributed by atoms with Crippen LogP contribution in [0.15, 0.2) is 35.3 Å². The van der Waals surface area contributed by atoms with Crippen molar-refractivity contribution in [2.24, 2.45) is 4.99 Å². The van der Waals surface area contributed by atoms with Gasteiger partial charge in [-0.2, -0.15) is 13.2 Å². The summed E-state index contributed by atoms with van der Waals surface area (Å²) >= 11 is 11.6. The number of rotatable bonds is 2. The van der Waals surface area contributed by atoms with Crippen LogP contribution in [0.25, 0.3) is 0 Å². The van der Waals surface area contributed by atoms with Crippen LogP contribution in [0, 0.1) is 5.82 Å². The number of hydrogen-bond donors (Lipinski definition) is 1. The third kappa shape index (κ3) is 3.37. The van der Waals surface area contributed by atoms with Gasteiger partial charge in [-0.3, -0.25) is 4.99 Å². The molecule has 1 unspecified atom stereocenters. The number of benzene rings is 2. The summed E-state index contributed by atoms with van der Waals surface area (Å²) in [7, 11) is 0. The Morgan fingerprint density at radius 3 is 2.32 bits per heavy atom. The van der Waals surface area contributed by atoms with E-state index < -0.39 is 34.0 Å². The second kappa shape index (κ2) is 7.59. The van der Waals surface area contributed by atoms with Crippen molar-refractivity contribution in [3.8, 4) is 0 Å². The lowest BCUT2D eigenvalue weighted by Gasteiger charge is -2.39. The van der Waals surface area contributed by atoms with Crippen LogP contribution in [-0.2, 0) is 22.4 Å². The normalized spacial score (nSPS) is 23.9. The highest BCUT2D eigenvalue weighted by molar-refractivity contribution is 6.35. The van der Waals surface area contributed by atoms with Crippen molar-refractivity contribution in [2.45, 2.75) is 30.2 Å². The summed E-state index contributed by atoms with van der Waals surface area (Å²) in [4.78, 5) is 4.24. The summed E-state index contributed by atoms with van der Waals surface area (Å²) in [6.45, 7) is 1.37. The van der Waals surface area contributed by atoms with Crippen molar-refractivity contribution in [2.75, 3.05) is 19.6 Å². The maximum atomic E-state index is 14.2. The molecular weight excluding hydrogens is 479 g/mol. The second-order valence-electron chi connectivity index (χ2n) is 8.03. The molecule has 0 aromatic heterocycles. The Morgan fingerprint density at radius 2 is 1.74 bits per heavy atom. The summed E-state index contributed by atoms with van der Waals surface area (Å²) in [5.41, 5.74) is 0.207. The zero-order chi connectivity index (χ0) is 21.3. The topological polar surface area (TPSA) is 33.6 Å². The van der Waals surface area contributed by atoms with Crippen LogP contribution in [0.1, 0.15) is 28.7 Å². The van der Waals surface area contributed by atoms with Crippen molar-refractivity contribution >= 4 is 41.3 Å². The summed E-state index contributed by atoms with van der Waals surface area (Å²) in [5, 5.41) is 2.31. The van der Waals surface area contributed by atoms with Gasteiger partial charge in [0.2, 0.25) is 0 Å². The maximum absolute atomic E-state index is 14.2. The first-order chi connectivity index (χ1) is 14.2. The Bertz CT molecular complexity index is 1060. The van der Waals surface area contributed by atoms with Gasteiger partial charge in [-0.05, 0) is 40.5 Å². The van der Waals surface area contributed by atoms with Crippen molar-refractivity contribution in [3.05, 3.63) is 68.4 Å². The minimum Gasteiger partial charge on any atom is -0.363 e. The Kier molecular flexibility index (Phi) is 5.59. The van der Waals surface area contributed by atoms with Crippen molar-refractivity contribution in [1.29, 1.82) is 0 Å². The second-order valence-corrected chi connectivity index (χ2v) is 8.85. The van der Waals surface area contributed by atoms with E-state index in [1.807, 2.05) is 12.1 Å². The number of fused-ring (bicyclic) bond motifs is 2. The van der Waals surface area contributed by atoms with Crippen LogP contribution < -0.4 is 5.32 Å². The number of nitrogens with zero attached hydrogens (tertiary/aromatic N) is 1. The quantitative estimate of drug-likeness (QED) is 0.436. The molecule has 2 aromatic carbocycles. The van der Waals surface area contributed by atoms with Crippen molar-refractivity contribution < 1.29 is 22.3 Å². The molecule has 3 nitrogen and oxygen atoms in total. The Labute approximate surface area is 192 Å². The molecule has 31 heavy (non-hydrogen) atoms. The molecule has 1 saturated heterocycles. The van der Waals surface area contributed by atoms with E-state index in [4.69, 9.17) is 27.9 Å². The summed E-state index contributed by atoms with van der Waals surface area (Å²) in [6, 6.07) is 7.57. The number of hydrogen-bond acceptors (Lipinski definition) is 3. The van der Waals surface area contributed by atoms with Crippen LogP contribution in [0.3, 0.4) is 0 Å². The fourth-order valence-corrected chi connectivity index (χ4v) is 4.96. The largest absolute Gasteiger partial charge is 0.400 e. The highest BCUT2D eigenvalue weighted by atomic mass is 35.5. The van der Waals surface area contributed by atoms with Gasteiger partial charge < -0.3 is 10.1 Å². The predicted octanol–water partition coefficient (Wildman–Crippen LogP) is 5.58. The van der Waals surface area contributed by atoms with Crippen LogP contribution >= 0.6 is 35.6 Å². The monoisotopic (exact) mass is 494 g/mol. The first-order valence-electron chi connectivity index (χ1n) is 9.39. The molecule has 3 aliphatic heterocycles. The van der Waals surface area contributed by atoms with E-state index >= 15 is 0 Å². The number of aliphatic imine (C=N–C) groups is 1. The van der Waals surface area contributed by atoms with Gasteiger partial charge in [-0.25, -0.2) is 4.39 Å². The SMILES string of the molecule is Cl.Fc1c(Cl)cc(C2(C(F)(F)F)CN=C(c3ccc4c(c3)COC43CNC3)C2)cc1Cl. The molecule has 0 bridgehead atoms. The lowest BCUT2D eigenvalue weighted by Crippen LogP contribution is -2.56. The number of alkyl halides is 3. The van der Waals surface area contributed by atoms with Crippen molar-refractivity contribution in [3.63, 3.8) is 0 Å². The molecule has 0 saturated carbocycles. The molecule has 2 aromatic rings. The zero-order valence-electron chi connectivity index (χ0n) is 16.0. The highest BCUT2D eigenvalue weighted by Gasteiger charge is 2.58. The summed E-state index contributed by atoms with van der Waals surface area (Å²) in [6.07, 6.45) is -4.99. The number of nitrogens with one attached hydrogen (secondary N) is 1. The third-order valence-corrected chi connectivity index (χ3v) is 6.89. The van der Waals surface area contributed by atoms with Gasteiger partial charge >= 0.3 is 6.18 Å². The van der Waals surface area contributed by atoms with Crippen LogP contribution in [0.2, 0.25) is 10.0 Å². The molecule has 0 aliphatic carbocycles. The zero-order valence-corrected chi connectivity index (χ0v) is 18.3. The van der Waals surface area contributed by atoms with Crippen LogP contribution in [0.5, 0.6) is 0 Å². The molecule has 166 valence electrons. The smallest absolute Gasteiger partial charge is 0.363 e. The molecule has 0 radical (unpaired) electrons. The lowest BCUT2D eigenvalue weighted by atomic mass is 9.76. The third-order valence-electron chi connectivity index (χ3n) is 6.34. The number of halogens is 7. The average molecular weight is 496 g/mol. The van der Waals surface area contributed by atoms with Gasteiger partial charge in [-0.15, -0.1) is 12.4 Å². The van der Waals surface area contributed by atoms with E-state index in [-0.39, 0.29) is 30.0 Å². The molecule has 10 heteroatoms. The molecule has 1 spiro atoms. The summed E-state index contributed by atoms with van der Waals surface area (Å²) < 4.78 is 62.5. The molecule has 1 fully saturated rings. The molecule has 0 amide bonds. The molecule has 1 atom stereocenters. The lowest BCUT2D eigenvalue weighted by molar-refractivity contribution is -0.183. The summed E-state index contributed by atoms with van der Waals surface area (Å²) in [5.74, 6) is -0.934. The van der Waals surface area contributed by atoms with E-state index in [0.29, 0.717) is 17.9 Å². The van der Waals surface area contributed by atoms with E-state index in [1.165, 1.54) is 0 Å². The molecule has 1 N–H and O–H groups in total. The van der Waals surface area contributed by atoms with E-state index in [9.17, 15) is 17.6 Å². The van der Waals surface area contributed by atoms with Gasteiger partial charge in [-0.1, -0.05) is 35.3 Å². The fourth-order valence-electron chi connectivity index (χ4n) is 4.48. The first-order valence-corrected chi connectivity index (χ1v) is 10.1. The molecule has 5 rings (SSSR count). The number of ether oxygens (including phenoxy) is 1. The van der Waals surface area contributed by atoms with E-state index in [1.54, 1.807) is 6.07 Å². The van der Waals surface area contributed by atoms with Crippen LogP contribution in [0.4, 0.5) is 17.6 Å². The minimum atomic E-state index is -4.62. The van der Waals surface area contributed by atoms with Gasteiger partial charge in [0, 0.05) is 25.2 Å². The van der Waals surface area contributed by atoms with E-state index in [2.05, 4.69) is 10.3 Å². The van der Waals surface area contributed by atoms with Crippen molar-refractivity contribution in [1.82, 2.24) is 5.32 Å². The predicted molar refractivity (Wildman–Crippen MR) is 113 cm³/mol. The minimum absolute atomic E-state index is 0. The van der Waals surface area contributed by atoms with E-state index in [0.717, 1.165) is 36.3 Å². The fraction of sp³-hybridized carbons (Fsp3) is 0.381. The standard InChI is InChI=1S/C21H16Cl2F4N2O.ClH/c22-15-4-13(5-16(23)18(15)24)19(21(25,26)27)6-17(29-8-19)11-1-2-14-12(3-11)7-30-20(14)9-28-10-20;/h1-5,28H,6-10H2;1H. The first kappa shape index (κ1) is 22.8. The van der Waals surface area contributed by atoms with Crippen LogP contribution in [-0.4, -0.2) is 31.5 Å². The molecular formula is C21H17Cl3F4N2O. The van der Waals surface area contributed by atoms with Gasteiger partial charge in [0.25, 0.3) is 0 Å². The average Bonchev–Trinajstić information content (AvgIpc) is 3.27. The Morgan fingerprint density at radius 1 is 1.06 bits per heavy atom. The van der Waals surface area contributed by atoms with Gasteiger partial charge in [0.15, 0.2) is 5.82 Å². The highest BCUT2D eigenvalue weighted by Crippen LogP contribution is 2.49. The van der Waals surface area contributed by atoms with Gasteiger partial charge in [0.05, 0.1) is 23.2 Å². The molecule has 3 aliphatic rings. The Hall–Kier alpha value is -1.38. The van der Waals surface area contributed by atoms with Gasteiger partial charge in [0.1, 0.15) is 11.0 Å².